The highest BCUT2D eigenvalue weighted by atomic mass is 19.4. The number of benzene rings is 1. The molecule has 0 unspecified atom stereocenters. The lowest BCUT2D eigenvalue weighted by Gasteiger charge is -2.36. The van der Waals surface area contributed by atoms with Crippen LogP contribution < -0.4 is 0 Å². The quantitative estimate of drug-likeness (QED) is 0.656. The number of alkyl halides is 3. The number of nitrogens with zero attached hydrogens (tertiary/aromatic N) is 4. The Hall–Kier alpha value is -3.19. The van der Waals surface area contributed by atoms with Crippen LogP contribution in [0.1, 0.15) is 55.5 Å². The minimum Gasteiger partial charge on any atom is -0.354 e. The highest BCUT2D eigenvalue weighted by Gasteiger charge is 2.42. The summed E-state index contributed by atoms with van der Waals surface area (Å²) < 4.78 is 42.8. The number of halogens is 3. The Kier molecular flexibility index (Phi) is 5.07. The van der Waals surface area contributed by atoms with Crippen LogP contribution in [-0.4, -0.2) is 28.2 Å². The van der Waals surface area contributed by atoms with Gasteiger partial charge in [-0.2, -0.15) is 23.7 Å². The number of aromatic nitrogens is 1. The monoisotopic (exact) mass is 410 g/mol. The molecule has 1 fully saturated rings. The van der Waals surface area contributed by atoms with E-state index in [4.69, 9.17) is 0 Å². The van der Waals surface area contributed by atoms with E-state index in [1.807, 2.05) is 4.57 Å². The molecule has 0 radical (unpaired) electrons. The van der Waals surface area contributed by atoms with Gasteiger partial charge in [-0.05, 0) is 38.0 Å². The summed E-state index contributed by atoms with van der Waals surface area (Å²) in [5.74, 6) is 0. The van der Waals surface area contributed by atoms with Gasteiger partial charge in [0, 0.05) is 18.0 Å². The Balaban J connectivity index is 2.00. The normalized spacial score (nSPS) is 18.3. The molecule has 1 aliphatic carbocycles. The molecule has 1 aromatic heterocycles. The van der Waals surface area contributed by atoms with Crippen LogP contribution in [0.2, 0.25) is 0 Å². The van der Waals surface area contributed by atoms with Crippen LogP contribution in [-0.2, 0) is 0 Å². The molecule has 2 aliphatic rings. The van der Waals surface area contributed by atoms with Gasteiger partial charge in [0.25, 0.3) is 0 Å². The minimum atomic E-state index is -4.39. The Bertz CT molecular complexity index is 1120. The molecule has 1 aromatic carbocycles. The van der Waals surface area contributed by atoms with Crippen LogP contribution in [0.5, 0.6) is 0 Å². The van der Waals surface area contributed by atoms with Gasteiger partial charge in [0.2, 0.25) is 0 Å². The Morgan fingerprint density at radius 3 is 2.50 bits per heavy atom. The molecule has 2 aromatic rings. The van der Waals surface area contributed by atoms with Gasteiger partial charge in [-0.25, -0.2) is 0 Å². The Labute approximate surface area is 173 Å². The first-order valence-electron chi connectivity index (χ1n) is 10.1. The number of rotatable bonds is 3. The maximum absolute atomic E-state index is 13.6. The van der Waals surface area contributed by atoms with Crippen molar-refractivity contribution in [2.45, 2.75) is 50.9 Å². The van der Waals surface area contributed by atoms with Gasteiger partial charge in [0.1, 0.15) is 12.1 Å². The maximum atomic E-state index is 13.6. The van der Waals surface area contributed by atoms with Crippen LogP contribution >= 0.6 is 0 Å². The molecule has 7 heteroatoms. The molecule has 30 heavy (non-hydrogen) atoms. The first kappa shape index (κ1) is 20.1. The minimum absolute atomic E-state index is 0.0911. The lowest BCUT2D eigenvalue weighted by molar-refractivity contribution is -0.169. The van der Waals surface area contributed by atoms with Crippen molar-refractivity contribution in [2.75, 3.05) is 6.54 Å². The van der Waals surface area contributed by atoms with Crippen LogP contribution in [0, 0.1) is 22.7 Å². The molecule has 1 saturated carbocycles. The van der Waals surface area contributed by atoms with Gasteiger partial charge in [-0.15, -0.1) is 0 Å². The third-order valence-electron chi connectivity index (χ3n) is 6.12. The fourth-order valence-corrected chi connectivity index (χ4v) is 4.57. The third-order valence-corrected chi connectivity index (χ3v) is 6.12. The van der Waals surface area contributed by atoms with E-state index >= 15 is 0 Å². The van der Waals surface area contributed by atoms with Gasteiger partial charge in [0.05, 0.1) is 34.1 Å². The van der Waals surface area contributed by atoms with Crippen molar-refractivity contribution in [1.29, 1.82) is 10.5 Å². The number of hydrogen-bond acceptors (Lipinski definition) is 3. The van der Waals surface area contributed by atoms with E-state index in [0.29, 0.717) is 27.9 Å². The summed E-state index contributed by atoms with van der Waals surface area (Å²) in [5, 5.41) is 20.0. The molecule has 1 aliphatic heterocycles. The van der Waals surface area contributed by atoms with Crippen LogP contribution in [0.3, 0.4) is 0 Å². The van der Waals surface area contributed by atoms with Gasteiger partial charge >= 0.3 is 6.18 Å². The molecule has 0 amide bonds. The number of fused-ring (bicyclic) bond motifs is 1. The number of nitriles is 2. The summed E-state index contributed by atoms with van der Waals surface area (Å²) in [6.07, 6.45) is 4.57. The molecule has 154 valence electrons. The summed E-state index contributed by atoms with van der Waals surface area (Å²) in [4.78, 5) is 1.31. The van der Waals surface area contributed by atoms with Gasteiger partial charge in [0.15, 0.2) is 0 Å². The average molecular weight is 410 g/mol. The molecular formula is C23H21F3N4. The maximum Gasteiger partial charge on any atom is 0.408 e. The van der Waals surface area contributed by atoms with E-state index < -0.39 is 12.2 Å². The van der Waals surface area contributed by atoms with E-state index in [9.17, 15) is 23.7 Å². The molecule has 0 spiro atoms. The summed E-state index contributed by atoms with van der Waals surface area (Å²) in [5.41, 5.74) is 2.49. The van der Waals surface area contributed by atoms with Crippen molar-refractivity contribution < 1.29 is 13.2 Å². The first-order valence-corrected chi connectivity index (χ1v) is 10.1. The van der Waals surface area contributed by atoms with E-state index in [1.165, 1.54) is 4.90 Å². The third kappa shape index (κ3) is 3.25. The van der Waals surface area contributed by atoms with Crippen molar-refractivity contribution in [1.82, 2.24) is 9.47 Å². The smallest absolute Gasteiger partial charge is 0.354 e. The number of hydrogen-bond donors (Lipinski definition) is 0. The summed E-state index contributed by atoms with van der Waals surface area (Å²) in [7, 11) is 0. The zero-order chi connectivity index (χ0) is 21.5. The van der Waals surface area contributed by atoms with Crippen molar-refractivity contribution in [3.63, 3.8) is 0 Å². The first-order chi connectivity index (χ1) is 14.4. The van der Waals surface area contributed by atoms with Crippen LogP contribution in [0.15, 0.2) is 36.4 Å². The van der Waals surface area contributed by atoms with Gasteiger partial charge in [-0.3, -0.25) is 0 Å². The summed E-state index contributed by atoms with van der Waals surface area (Å²) in [6.45, 7) is 1.27. The van der Waals surface area contributed by atoms with E-state index in [2.05, 4.69) is 12.1 Å². The van der Waals surface area contributed by atoms with Crippen molar-refractivity contribution in [3.05, 3.63) is 53.2 Å². The predicted octanol–water partition coefficient (Wildman–Crippen LogP) is 5.66. The largest absolute Gasteiger partial charge is 0.408 e. The second-order valence-electron chi connectivity index (χ2n) is 7.84. The molecule has 4 rings (SSSR count). The lowest BCUT2D eigenvalue weighted by atomic mass is 10.0. The van der Waals surface area contributed by atoms with Crippen molar-refractivity contribution in [2.24, 2.45) is 0 Å². The van der Waals surface area contributed by atoms with E-state index in [0.717, 1.165) is 38.1 Å². The van der Waals surface area contributed by atoms with Gasteiger partial charge in [-0.1, -0.05) is 31.1 Å². The zero-order valence-electron chi connectivity index (χ0n) is 16.6. The Morgan fingerprint density at radius 2 is 1.87 bits per heavy atom. The molecule has 0 N–H and O–H groups in total. The fourth-order valence-electron chi connectivity index (χ4n) is 4.57. The van der Waals surface area contributed by atoms with Gasteiger partial charge < -0.3 is 9.47 Å². The molecule has 4 nitrogen and oxygen atoms in total. The molecule has 2 heterocycles. The van der Waals surface area contributed by atoms with Crippen molar-refractivity contribution in [3.8, 4) is 12.1 Å². The Morgan fingerprint density at radius 1 is 1.13 bits per heavy atom. The second-order valence-corrected chi connectivity index (χ2v) is 7.84. The lowest BCUT2D eigenvalue weighted by Crippen LogP contribution is -2.43. The SMILES string of the molecule is C[C@H](N1CC=CC=C1c1c(C#N)c2ccc(C#N)cc2n1C1CCCC1)C(F)(F)F. The molecule has 0 bridgehead atoms. The highest BCUT2D eigenvalue weighted by molar-refractivity contribution is 5.94. The predicted molar refractivity (Wildman–Crippen MR) is 108 cm³/mol. The van der Waals surface area contributed by atoms with Crippen molar-refractivity contribution >= 4 is 16.6 Å². The molecule has 0 saturated heterocycles. The summed E-state index contributed by atoms with van der Waals surface area (Å²) >= 11 is 0. The highest BCUT2D eigenvalue weighted by Crippen LogP contribution is 2.42. The topological polar surface area (TPSA) is 55.8 Å². The van der Waals surface area contributed by atoms with E-state index in [1.54, 1.807) is 36.4 Å². The number of allylic oxidation sites excluding steroid dienone is 2. The van der Waals surface area contributed by atoms with Crippen LogP contribution in [0.4, 0.5) is 13.2 Å². The fraction of sp³-hybridized carbons (Fsp3) is 0.391. The second kappa shape index (κ2) is 7.57. The average Bonchev–Trinajstić information content (AvgIpc) is 3.37. The molecular weight excluding hydrogens is 389 g/mol. The summed E-state index contributed by atoms with van der Waals surface area (Å²) in [6, 6.07) is 7.90. The zero-order valence-corrected chi connectivity index (χ0v) is 16.6. The van der Waals surface area contributed by atoms with Crippen LogP contribution in [0.25, 0.3) is 16.6 Å². The van der Waals surface area contributed by atoms with E-state index in [-0.39, 0.29) is 12.6 Å². The standard InChI is InChI=1S/C23H21F3N4/c1-15(23(24,25)26)29-11-5-4-8-20(29)22-19(14-28)18-10-9-16(13-27)12-21(18)30(22)17-6-2-3-7-17/h4-5,8-10,12,15,17H,2-3,6-7,11H2,1H3/t15-/m0/s1. The molecule has 1 atom stereocenters.